The quantitative estimate of drug-likeness (QED) is 0.837. The minimum Gasteiger partial charge on any atom is -0.356 e. The van der Waals surface area contributed by atoms with Crippen LogP contribution in [-0.4, -0.2) is 40.4 Å². The summed E-state index contributed by atoms with van der Waals surface area (Å²) in [6.45, 7) is 3.59. The normalized spacial score (nSPS) is 21.9. The Hall–Kier alpha value is -2.43. The molecule has 2 aromatic rings. The molecule has 1 saturated carbocycles. The maximum Gasteiger partial charge on any atom is 0.223 e. The maximum atomic E-state index is 12.6. The summed E-state index contributed by atoms with van der Waals surface area (Å²) in [5, 5.41) is 0. The molecule has 5 nitrogen and oxygen atoms in total. The highest BCUT2D eigenvalue weighted by Gasteiger charge is 2.45. The molecule has 3 heterocycles. The first-order valence-corrected chi connectivity index (χ1v) is 10.1. The highest BCUT2D eigenvalue weighted by molar-refractivity contribution is 5.79. The van der Waals surface area contributed by atoms with Crippen molar-refractivity contribution in [1.29, 1.82) is 0 Å². The van der Waals surface area contributed by atoms with Gasteiger partial charge in [0, 0.05) is 55.7 Å². The van der Waals surface area contributed by atoms with Gasteiger partial charge >= 0.3 is 0 Å². The Kier molecular flexibility index (Phi) is 4.10. The van der Waals surface area contributed by atoms with Crippen LogP contribution in [0.4, 0.5) is 5.82 Å². The Bertz CT molecular complexity index is 825. The van der Waals surface area contributed by atoms with Gasteiger partial charge in [-0.25, -0.2) is 9.97 Å². The summed E-state index contributed by atoms with van der Waals surface area (Å²) in [4.78, 5) is 26.0. The van der Waals surface area contributed by atoms with Crippen LogP contribution in [0.15, 0.2) is 42.7 Å². The van der Waals surface area contributed by atoms with Gasteiger partial charge in [-0.15, -0.1) is 0 Å². The van der Waals surface area contributed by atoms with E-state index in [0.717, 1.165) is 44.8 Å². The van der Waals surface area contributed by atoms with E-state index in [0.29, 0.717) is 18.2 Å². The molecule has 5 rings (SSSR count). The molecule has 1 aromatic carbocycles. The molecule has 1 aromatic heterocycles. The van der Waals surface area contributed by atoms with Crippen LogP contribution in [0, 0.1) is 5.41 Å². The van der Waals surface area contributed by atoms with Crippen molar-refractivity contribution in [1.82, 2.24) is 14.9 Å². The second-order valence-electron chi connectivity index (χ2n) is 8.47. The molecule has 27 heavy (non-hydrogen) atoms. The second kappa shape index (κ2) is 6.63. The molecular formula is C22H26N4O. The zero-order chi connectivity index (χ0) is 18.3. The number of hydrogen-bond acceptors (Lipinski definition) is 4. The molecule has 1 spiro atoms. The third-order valence-electron chi connectivity index (χ3n) is 6.44. The summed E-state index contributed by atoms with van der Waals surface area (Å²) in [5.74, 6) is 2.03. The number of rotatable bonds is 4. The van der Waals surface area contributed by atoms with Crippen molar-refractivity contribution in [2.45, 2.75) is 44.6 Å². The molecule has 2 aliphatic heterocycles. The summed E-state index contributed by atoms with van der Waals surface area (Å²) >= 11 is 0. The van der Waals surface area contributed by atoms with Crippen molar-refractivity contribution in [3.05, 3.63) is 54.0 Å². The fourth-order valence-electron chi connectivity index (χ4n) is 4.61. The van der Waals surface area contributed by atoms with E-state index in [4.69, 9.17) is 0 Å². The lowest BCUT2D eigenvalue weighted by Gasteiger charge is -2.39. The lowest BCUT2D eigenvalue weighted by atomic mass is 9.77. The molecule has 0 bridgehead atoms. The number of carbonyl (C=O) groups is 1. The zero-order valence-electron chi connectivity index (χ0n) is 15.7. The van der Waals surface area contributed by atoms with E-state index in [1.54, 1.807) is 6.33 Å². The van der Waals surface area contributed by atoms with Crippen LogP contribution in [0.1, 0.15) is 49.3 Å². The molecule has 0 radical (unpaired) electrons. The molecule has 3 fully saturated rings. The van der Waals surface area contributed by atoms with E-state index >= 15 is 0 Å². The van der Waals surface area contributed by atoms with Crippen LogP contribution in [0.25, 0.3) is 0 Å². The van der Waals surface area contributed by atoms with E-state index in [2.05, 4.69) is 38.0 Å². The van der Waals surface area contributed by atoms with Crippen LogP contribution in [0.2, 0.25) is 0 Å². The molecule has 0 unspecified atom stereocenters. The van der Waals surface area contributed by atoms with Crippen molar-refractivity contribution < 1.29 is 4.79 Å². The number of aromatic nitrogens is 2. The number of likely N-dealkylation sites (tertiary alicyclic amines) is 1. The Labute approximate surface area is 160 Å². The second-order valence-corrected chi connectivity index (χ2v) is 8.47. The molecule has 1 aliphatic carbocycles. The summed E-state index contributed by atoms with van der Waals surface area (Å²) < 4.78 is 0. The minimum atomic E-state index is 0.148. The smallest absolute Gasteiger partial charge is 0.223 e. The molecular weight excluding hydrogens is 336 g/mol. The number of nitrogens with zero attached hydrogens (tertiary/aromatic N) is 4. The first-order valence-electron chi connectivity index (χ1n) is 10.1. The van der Waals surface area contributed by atoms with E-state index < -0.39 is 0 Å². The predicted octanol–water partition coefficient (Wildman–Crippen LogP) is 3.37. The van der Waals surface area contributed by atoms with E-state index in [9.17, 15) is 4.79 Å². The molecule has 0 N–H and O–H groups in total. The lowest BCUT2D eigenvalue weighted by Crippen LogP contribution is -2.42. The number of piperidine rings is 1. The summed E-state index contributed by atoms with van der Waals surface area (Å²) in [7, 11) is 0. The van der Waals surface area contributed by atoms with Crippen molar-refractivity contribution in [2.24, 2.45) is 5.41 Å². The van der Waals surface area contributed by atoms with Gasteiger partial charge in [0.05, 0.1) is 0 Å². The topological polar surface area (TPSA) is 49.3 Å². The lowest BCUT2D eigenvalue weighted by molar-refractivity contribution is -0.128. The Balaban J connectivity index is 1.23. The average Bonchev–Trinajstić information content (AvgIpc) is 3.50. The van der Waals surface area contributed by atoms with Gasteiger partial charge in [-0.2, -0.15) is 0 Å². The zero-order valence-corrected chi connectivity index (χ0v) is 15.7. The van der Waals surface area contributed by atoms with Gasteiger partial charge in [-0.3, -0.25) is 4.79 Å². The molecule has 2 saturated heterocycles. The van der Waals surface area contributed by atoms with Gasteiger partial charge in [0.25, 0.3) is 0 Å². The molecule has 3 aliphatic rings. The van der Waals surface area contributed by atoms with E-state index in [-0.39, 0.29) is 5.41 Å². The van der Waals surface area contributed by atoms with E-state index in [1.165, 1.54) is 24.1 Å². The highest BCUT2D eigenvalue weighted by atomic mass is 16.2. The van der Waals surface area contributed by atoms with Crippen molar-refractivity contribution in [3.63, 3.8) is 0 Å². The number of anilines is 1. The summed E-state index contributed by atoms with van der Waals surface area (Å²) in [6.07, 6.45) is 7.07. The maximum absolute atomic E-state index is 12.6. The molecule has 0 atom stereocenters. The van der Waals surface area contributed by atoms with Crippen LogP contribution in [0.5, 0.6) is 0 Å². The first kappa shape index (κ1) is 16.7. The van der Waals surface area contributed by atoms with Crippen molar-refractivity contribution in [3.8, 4) is 0 Å². The molecule has 1 amide bonds. The van der Waals surface area contributed by atoms with Crippen molar-refractivity contribution >= 4 is 11.7 Å². The Morgan fingerprint density at radius 3 is 2.59 bits per heavy atom. The van der Waals surface area contributed by atoms with Gasteiger partial charge in [0.1, 0.15) is 12.1 Å². The number of hydrogen-bond donors (Lipinski definition) is 0. The van der Waals surface area contributed by atoms with E-state index in [1.807, 2.05) is 18.2 Å². The summed E-state index contributed by atoms with van der Waals surface area (Å²) in [5.41, 5.74) is 2.56. The number of carbonyl (C=O) groups excluding carboxylic acids is 1. The van der Waals surface area contributed by atoms with Gasteiger partial charge in [0.15, 0.2) is 0 Å². The number of amides is 1. The highest BCUT2D eigenvalue weighted by Crippen LogP contribution is 2.43. The minimum absolute atomic E-state index is 0.148. The third-order valence-corrected chi connectivity index (χ3v) is 6.44. The molecule has 140 valence electrons. The van der Waals surface area contributed by atoms with Crippen LogP contribution in [0.3, 0.4) is 0 Å². The number of benzene rings is 1. The van der Waals surface area contributed by atoms with Crippen LogP contribution < -0.4 is 4.90 Å². The largest absolute Gasteiger partial charge is 0.356 e. The standard InChI is InChI=1S/C22H26N4O/c27-21-13-22(15-26(21)14-17-4-2-1-3-5-17)8-10-25(11-9-22)20-12-19(18-6-7-18)23-16-24-20/h1-5,12,16,18H,6-11,13-15H2. The monoisotopic (exact) mass is 362 g/mol. The Morgan fingerprint density at radius 2 is 1.85 bits per heavy atom. The summed E-state index contributed by atoms with van der Waals surface area (Å²) in [6, 6.07) is 12.5. The van der Waals surface area contributed by atoms with Gasteiger partial charge in [-0.05, 0) is 31.2 Å². The SMILES string of the molecule is O=C1CC2(CCN(c3cc(C4CC4)ncn3)CC2)CN1Cc1ccccc1. The van der Waals surface area contributed by atoms with Crippen LogP contribution in [-0.2, 0) is 11.3 Å². The van der Waals surface area contributed by atoms with Gasteiger partial charge in [0.2, 0.25) is 5.91 Å². The fraction of sp³-hybridized carbons (Fsp3) is 0.500. The first-order chi connectivity index (χ1) is 13.2. The average molecular weight is 362 g/mol. The molecule has 5 heteroatoms. The Morgan fingerprint density at radius 1 is 1.07 bits per heavy atom. The fourth-order valence-corrected chi connectivity index (χ4v) is 4.61. The van der Waals surface area contributed by atoms with Crippen molar-refractivity contribution in [2.75, 3.05) is 24.5 Å². The predicted molar refractivity (Wildman–Crippen MR) is 104 cm³/mol. The van der Waals surface area contributed by atoms with Gasteiger partial charge < -0.3 is 9.80 Å². The van der Waals surface area contributed by atoms with Gasteiger partial charge in [-0.1, -0.05) is 30.3 Å². The third kappa shape index (κ3) is 3.43. The van der Waals surface area contributed by atoms with Crippen LogP contribution >= 0.6 is 0 Å².